The molecule has 1 fully saturated rings. The lowest BCUT2D eigenvalue weighted by Gasteiger charge is -2.17. The molecule has 0 N–H and O–H groups in total. The molecule has 0 bridgehead atoms. The molecule has 0 saturated carbocycles. The van der Waals surface area contributed by atoms with Gasteiger partial charge < -0.3 is 4.90 Å². The van der Waals surface area contributed by atoms with Crippen LogP contribution in [0.15, 0.2) is 35.2 Å². The number of nitrogens with zero attached hydrogens (tertiary/aromatic N) is 6. The van der Waals surface area contributed by atoms with Crippen molar-refractivity contribution < 1.29 is 4.39 Å². The minimum atomic E-state index is -0.303. The van der Waals surface area contributed by atoms with E-state index in [1.165, 1.54) is 12.3 Å². The zero-order valence-electron chi connectivity index (χ0n) is 11.5. The average molecular weight is 363 g/mol. The molecule has 0 spiro atoms. The molecule has 1 unspecified atom stereocenters. The van der Waals surface area contributed by atoms with Crippen LogP contribution in [0.3, 0.4) is 0 Å². The van der Waals surface area contributed by atoms with Gasteiger partial charge in [0, 0.05) is 24.7 Å². The molecular weight excluding hydrogens is 351 g/mol. The standard InChI is InChI=1S/C14H12BrFN6/c15-14-19-18-12-3-4-13(20-22(12)14)21-6-5-9(8-21)11-2-1-10(16)7-17-11/h1-4,7,9H,5-6,8H2. The molecule has 112 valence electrons. The zero-order valence-corrected chi connectivity index (χ0v) is 13.1. The molecule has 3 aromatic rings. The minimum Gasteiger partial charge on any atom is -0.354 e. The van der Waals surface area contributed by atoms with Crippen molar-refractivity contribution >= 4 is 27.4 Å². The molecule has 4 heterocycles. The molecule has 4 rings (SSSR count). The molecule has 1 atom stereocenters. The lowest BCUT2D eigenvalue weighted by Crippen LogP contribution is -2.21. The van der Waals surface area contributed by atoms with Gasteiger partial charge in [-0.15, -0.1) is 15.3 Å². The summed E-state index contributed by atoms with van der Waals surface area (Å²) in [6.45, 7) is 1.71. The van der Waals surface area contributed by atoms with Gasteiger partial charge in [0.2, 0.25) is 4.73 Å². The summed E-state index contributed by atoms with van der Waals surface area (Å²) in [6, 6.07) is 7.06. The summed E-state index contributed by atoms with van der Waals surface area (Å²) in [6.07, 6.45) is 2.25. The van der Waals surface area contributed by atoms with Gasteiger partial charge in [0.15, 0.2) is 5.65 Å². The molecule has 0 aromatic carbocycles. The van der Waals surface area contributed by atoms with E-state index in [2.05, 4.69) is 41.1 Å². The van der Waals surface area contributed by atoms with Gasteiger partial charge in [0.25, 0.3) is 0 Å². The van der Waals surface area contributed by atoms with Crippen LogP contribution in [0.25, 0.3) is 5.65 Å². The number of aromatic nitrogens is 5. The number of hydrogen-bond acceptors (Lipinski definition) is 5. The van der Waals surface area contributed by atoms with Crippen LogP contribution >= 0.6 is 15.9 Å². The van der Waals surface area contributed by atoms with E-state index in [1.54, 1.807) is 10.6 Å². The summed E-state index contributed by atoms with van der Waals surface area (Å²) in [5.41, 5.74) is 1.63. The van der Waals surface area contributed by atoms with Gasteiger partial charge >= 0.3 is 0 Å². The van der Waals surface area contributed by atoms with Gasteiger partial charge in [-0.25, -0.2) is 4.39 Å². The van der Waals surface area contributed by atoms with E-state index >= 15 is 0 Å². The molecule has 0 radical (unpaired) electrons. The van der Waals surface area contributed by atoms with Gasteiger partial charge in [-0.1, -0.05) is 0 Å². The van der Waals surface area contributed by atoms with Crippen molar-refractivity contribution in [1.82, 2.24) is 24.8 Å². The van der Waals surface area contributed by atoms with E-state index in [-0.39, 0.29) is 5.82 Å². The van der Waals surface area contributed by atoms with E-state index in [0.717, 1.165) is 31.0 Å². The van der Waals surface area contributed by atoms with Gasteiger partial charge in [-0.3, -0.25) is 4.98 Å². The van der Waals surface area contributed by atoms with Gasteiger partial charge in [-0.05, 0) is 46.6 Å². The Morgan fingerprint density at radius 3 is 2.91 bits per heavy atom. The topological polar surface area (TPSA) is 59.2 Å². The molecule has 22 heavy (non-hydrogen) atoms. The fourth-order valence-electron chi connectivity index (χ4n) is 2.76. The van der Waals surface area contributed by atoms with Gasteiger partial charge in [-0.2, -0.15) is 4.52 Å². The third-order valence-corrected chi connectivity index (χ3v) is 4.39. The number of pyridine rings is 1. The van der Waals surface area contributed by atoms with E-state index in [1.807, 2.05) is 12.1 Å². The summed E-state index contributed by atoms with van der Waals surface area (Å²) >= 11 is 3.33. The highest BCUT2D eigenvalue weighted by molar-refractivity contribution is 9.10. The average Bonchev–Trinajstić information content (AvgIpc) is 3.16. The van der Waals surface area contributed by atoms with Gasteiger partial charge in [0.1, 0.15) is 11.6 Å². The van der Waals surface area contributed by atoms with Crippen LogP contribution in [0.5, 0.6) is 0 Å². The summed E-state index contributed by atoms with van der Waals surface area (Å²) in [4.78, 5) is 6.39. The third-order valence-electron chi connectivity index (χ3n) is 3.89. The quantitative estimate of drug-likeness (QED) is 0.700. The van der Waals surface area contributed by atoms with Gasteiger partial charge in [0.05, 0.1) is 6.20 Å². The zero-order chi connectivity index (χ0) is 15.1. The summed E-state index contributed by atoms with van der Waals surface area (Å²) < 4.78 is 15.2. The van der Waals surface area contributed by atoms with Crippen LogP contribution in [0.1, 0.15) is 18.0 Å². The largest absolute Gasteiger partial charge is 0.354 e. The van der Waals surface area contributed by atoms with Crippen LogP contribution < -0.4 is 4.90 Å². The van der Waals surface area contributed by atoms with E-state index in [4.69, 9.17) is 0 Å². The lowest BCUT2D eigenvalue weighted by molar-refractivity contribution is 0.615. The smallest absolute Gasteiger partial charge is 0.221 e. The molecule has 1 aliphatic heterocycles. The van der Waals surface area contributed by atoms with Crippen LogP contribution in [-0.4, -0.2) is 37.9 Å². The first-order chi connectivity index (χ1) is 10.7. The minimum absolute atomic E-state index is 0.294. The number of rotatable bonds is 2. The lowest BCUT2D eigenvalue weighted by atomic mass is 10.0. The highest BCUT2D eigenvalue weighted by Gasteiger charge is 2.26. The Morgan fingerprint density at radius 1 is 1.18 bits per heavy atom. The number of anilines is 1. The Morgan fingerprint density at radius 2 is 2.09 bits per heavy atom. The Kier molecular flexibility index (Phi) is 3.25. The van der Waals surface area contributed by atoms with Crippen molar-refractivity contribution in [2.24, 2.45) is 0 Å². The normalized spacial score (nSPS) is 18.3. The van der Waals surface area contributed by atoms with E-state index in [0.29, 0.717) is 16.3 Å². The summed E-state index contributed by atoms with van der Waals surface area (Å²) in [5.74, 6) is 0.864. The maximum Gasteiger partial charge on any atom is 0.221 e. The first kappa shape index (κ1) is 13.6. The molecule has 1 saturated heterocycles. The second-order valence-corrected chi connectivity index (χ2v) is 5.97. The van der Waals surface area contributed by atoms with Crippen molar-refractivity contribution in [3.8, 4) is 0 Å². The monoisotopic (exact) mass is 362 g/mol. The number of fused-ring (bicyclic) bond motifs is 1. The van der Waals surface area contributed by atoms with Crippen LogP contribution in [-0.2, 0) is 0 Å². The molecule has 1 aliphatic rings. The Bertz CT molecular complexity index is 818. The molecular formula is C14H12BrFN6. The fraction of sp³-hybridized carbons (Fsp3) is 0.286. The summed E-state index contributed by atoms with van der Waals surface area (Å²) in [5, 5.41) is 12.5. The van der Waals surface area contributed by atoms with E-state index < -0.39 is 0 Å². The number of halogens is 2. The second-order valence-electron chi connectivity index (χ2n) is 5.26. The Hall–Kier alpha value is -2.09. The highest BCUT2D eigenvalue weighted by Crippen LogP contribution is 2.29. The Labute approximate surface area is 134 Å². The van der Waals surface area contributed by atoms with E-state index in [9.17, 15) is 4.39 Å². The predicted molar refractivity (Wildman–Crippen MR) is 82.2 cm³/mol. The summed E-state index contributed by atoms with van der Waals surface area (Å²) in [7, 11) is 0. The SMILES string of the molecule is Fc1ccc(C2CCN(c3ccc4nnc(Br)n4n3)C2)nc1. The molecule has 3 aromatic heterocycles. The fourth-order valence-corrected chi connectivity index (χ4v) is 3.10. The van der Waals surface area contributed by atoms with Crippen molar-refractivity contribution in [2.75, 3.05) is 18.0 Å². The molecule has 6 nitrogen and oxygen atoms in total. The van der Waals surface area contributed by atoms with Crippen molar-refractivity contribution in [3.05, 3.63) is 46.7 Å². The van der Waals surface area contributed by atoms with Crippen molar-refractivity contribution in [2.45, 2.75) is 12.3 Å². The maximum atomic E-state index is 13.0. The second kappa shape index (κ2) is 5.28. The van der Waals surface area contributed by atoms with Crippen molar-refractivity contribution in [1.29, 1.82) is 0 Å². The van der Waals surface area contributed by atoms with Crippen molar-refractivity contribution in [3.63, 3.8) is 0 Å². The maximum absolute atomic E-state index is 13.0. The highest BCUT2D eigenvalue weighted by atomic mass is 79.9. The number of hydrogen-bond donors (Lipinski definition) is 0. The molecule has 8 heteroatoms. The first-order valence-corrected chi connectivity index (χ1v) is 7.74. The molecule has 0 amide bonds. The van der Waals surface area contributed by atoms with Crippen LogP contribution in [0.2, 0.25) is 0 Å². The van der Waals surface area contributed by atoms with Crippen LogP contribution in [0.4, 0.5) is 10.2 Å². The Balaban J connectivity index is 1.58. The van der Waals surface area contributed by atoms with Crippen LogP contribution in [0, 0.1) is 5.82 Å². The third kappa shape index (κ3) is 2.33. The molecule has 0 aliphatic carbocycles. The predicted octanol–water partition coefficient (Wildman–Crippen LogP) is 2.41. The first-order valence-electron chi connectivity index (χ1n) is 6.95.